The molecule has 1 amide bonds. The number of hydrogen-bond acceptors (Lipinski definition) is 2. The molecule has 3 N–H and O–H groups in total. The summed E-state index contributed by atoms with van der Waals surface area (Å²) in [6, 6.07) is 8.14. The van der Waals surface area contributed by atoms with Crippen molar-refractivity contribution in [3.8, 4) is 0 Å². The summed E-state index contributed by atoms with van der Waals surface area (Å²) in [5.74, 6) is 0.620. The van der Waals surface area contributed by atoms with Crippen LogP contribution in [0.5, 0.6) is 0 Å². The normalized spacial score (nSPS) is 12.4. The van der Waals surface area contributed by atoms with Crippen LogP contribution in [0, 0.1) is 0 Å². The van der Waals surface area contributed by atoms with Gasteiger partial charge in [-0.2, -0.15) is 4.99 Å². The Bertz CT molecular complexity index is 630. The number of aliphatic imine (C=N–C) groups is 2. The first-order valence-corrected chi connectivity index (χ1v) is 8.93. The molecule has 0 saturated carbocycles. The van der Waals surface area contributed by atoms with E-state index >= 15 is 0 Å². The van der Waals surface area contributed by atoms with Crippen molar-refractivity contribution >= 4 is 18.2 Å². The Morgan fingerprint density at radius 1 is 1.27 bits per heavy atom. The van der Waals surface area contributed by atoms with Crippen LogP contribution < -0.4 is 11.2 Å². The Kier molecular flexibility index (Phi) is 10.6. The van der Waals surface area contributed by atoms with E-state index in [0.717, 1.165) is 12.0 Å². The zero-order chi connectivity index (χ0) is 20.2. The van der Waals surface area contributed by atoms with E-state index in [4.69, 9.17) is 5.73 Å². The van der Waals surface area contributed by atoms with E-state index in [1.54, 1.807) is 13.2 Å². The van der Waals surface area contributed by atoms with Crippen LogP contribution in [0.1, 0.15) is 59.1 Å². The van der Waals surface area contributed by atoms with E-state index in [2.05, 4.69) is 48.3 Å². The van der Waals surface area contributed by atoms with Crippen molar-refractivity contribution in [1.82, 2.24) is 10.4 Å². The molecular weight excluding hydrogens is 326 g/mol. The van der Waals surface area contributed by atoms with Gasteiger partial charge in [0, 0.05) is 18.8 Å². The molecule has 0 aliphatic rings. The molecular formula is C20H33N5O. The van der Waals surface area contributed by atoms with Crippen molar-refractivity contribution in [2.24, 2.45) is 15.7 Å². The number of rotatable bonds is 6. The van der Waals surface area contributed by atoms with Crippen LogP contribution in [0.3, 0.4) is 0 Å². The number of amidine groups is 1. The van der Waals surface area contributed by atoms with Crippen molar-refractivity contribution in [1.29, 1.82) is 0 Å². The fourth-order valence-electron chi connectivity index (χ4n) is 1.92. The highest BCUT2D eigenvalue weighted by atomic mass is 16.1. The molecule has 0 spiro atoms. The third-order valence-corrected chi connectivity index (χ3v) is 3.96. The lowest BCUT2D eigenvalue weighted by atomic mass is 9.82. The summed E-state index contributed by atoms with van der Waals surface area (Å²) in [5, 5.41) is 1.33. The smallest absolute Gasteiger partial charge is 0.225 e. The zero-order valence-corrected chi connectivity index (χ0v) is 17.1. The predicted molar refractivity (Wildman–Crippen MR) is 111 cm³/mol. The number of carbonyl (C=O) groups excluding carboxylic acids is 1. The molecule has 6 heteroatoms. The summed E-state index contributed by atoms with van der Waals surface area (Å²) in [6.07, 6.45) is 5.06. The van der Waals surface area contributed by atoms with E-state index in [9.17, 15) is 4.79 Å². The summed E-state index contributed by atoms with van der Waals surface area (Å²) in [7, 11) is 1.60. The summed E-state index contributed by atoms with van der Waals surface area (Å²) >= 11 is 0. The second-order valence-corrected chi connectivity index (χ2v) is 6.03. The average molecular weight is 360 g/mol. The number of allylic oxidation sites excluding steroid dienone is 1. The van der Waals surface area contributed by atoms with Crippen LogP contribution in [0.25, 0.3) is 0 Å². The van der Waals surface area contributed by atoms with Gasteiger partial charge in [-0.15, -0.1) is 0 Å². The van der Waals surface area contributed by atoms with E-state index in [-0.39, 0.29) is 11.4 Å². The first-order chi connectivity index (χ1) is 12.4. The van der Waals surface area contributed by atoms with Crippen LogP contribution >= 0.6 is 0 Å². The molecule has 0 bridgehead atoms. The maximum Gasteiger partial charge on any atom is 0.225 e. The molecule has 1 aromatic rings. The van der Waals surface area contributed by atoms with Gasteiger partial charge in [-0.3, -0.25) is 15.2 Å². The molecule has 0 unspecified atom stereocenters. The minimum absolute atomic E-state index is 0.121. The highest BCUT2D eigenvalue weighted by molar-refractivity contribution is 6.06. The maximum absolute atomic E-state index is 10.5. The highest BCUT2D eigenvalue weighted by Gasteiger charge is 2.18. The van der Waals surface area contributed by atoms with Gasteiger partial charge in [0.25, 0.3) is 0 Å². The fourth-order valence-corrected chi connectivity index (χ4v) is 1.92. The number of carbonyl (C=O) groups is 1. The highest BCUT2D eigenvalue weighted by Crippen LogP contribution is 2.26. The van der Waals surface area contributed by atoms with Gasteiger partial charge in [0.15, 0.2) is 5.84 Å². The summed E-state index contributed by atoms with van der Waals surface area (Å²) < 4.78 is 0. The summed E-state index contributed by atoms with van der Waals surface area (Å²) in [6.45, 7) is 12.5. The van der Waals surface area contributed by atoms with Crippen molar-refractivity contribution in [3.05, 3.63) is 47.7 Å². The number of nitrogens with one attached hydrogen (secondary N) is 1. The van der Waals surface area contributed by atoms with Crippen LogP contribution in [-0.4, -0.2) is 30.3 Å². The first kappa shape index (κ1) is 23.4. The molecule has 0 fully saturated rings. The lowest BCUT2D eigenvalue weighted by Crippen LogP contribution is -2.43. The molecule has 26 heavy (non-hydrogen) atoms. The number of amides is 1. The van der Waals surface area contributed by atoms with Gasteiger partial charge in [-0.1, -0.05) is 65.0 Å². The Hall–Kier alpha value is -2.63. The van der Waals surface area contributed by atoms with E-state index in [1.165, 1.54) is 10.6 Å². The van der Waals surface area contributed by atoms with Crippen LogP contribution in [0.15, 0.2) is 46.5 Å². The Morgan fingerprint density at radius 2 is 1.85 bits per heavy atom. The van der Waals surface area contributed by atoms with E-state index in [1.807, 2.05) is 39.0 Å². The Balaban J connectivity index is 0.00000301. The quantitative estimate of drug-likeness (QED) is 0.352. The topological polar surface area (TPSA) is 83.1 Å². The number of guanidine groups is 1. The van der Waals surface area contributed by atoms with Crippen molar-refractivity contribution < 1.29 is 4.79 Å². The maximum atomic E-state index is 10.5. The molecule has 1 aromatic carbocycles. The molecule has 0 aliphatic heterocycles. The largest absolute Gasteiger partial charge is 0.368 e. The predicted octanol–water partition coefficient (Wildman–Crippen LogP) is 3.59. The van der Waals surface area contributed by atoms with Crippen LogP contribution in [0.4, 0.5) is 0 Å². The third kappa shape index (κ3) is 7.09. The lowest BCUT2D eigenvalue weighted by molar-refractivity contribution is -0.112. The molecule has 0 atom stereocenters. The second kappa shape index (κ2) is 11.8. The molecule has 0 aromatic heterocycles. The average Bonchev–Trinajstić information content (AvgIpc) is 2.66. The lowest BCUT2D eigenvalue weighted by Gasteiger charge is -2.23. The van der Waals surface area contributed by atoms with Crippen LogP contribution in [0.2, 0.25) is 0 Å². The third-order valence-electron chi connectivity index (χ3n) is 3.96. The van der Waals surface area contributed by atoms with Gasteiger partial charge in [0.2, 0.25) is 12.4 Å². The minimum Gasteiger partial charge on any atom is -0.368 e. The Labute approximate surface area is 157 Å². The second-order valence-electron chi connectivity index (χ2n) is 6.03. The monoisotopic (exact) mass is 359 g/mol. The summed E-state index contributed by atoms with van der Waals surface area (Å²) in [4.78, 5) is 19.1. The van der Waals surface area contributed by atoms with Gasteiger partial charge in [-0.25, -0.2) is 4.99 Å². The zero-order valence-electron chi connectivity index (χ0n) is 17.1. The van der Waals surface area contributed by atoms with Crippen molar-refractivity contribution in [3.63, 3.8) is 0 Å². The summed E-state index contributed by atoms with van der Waals surface area (Å²) in [5.41, 5.74) is 10.5. The van der Waals surface area contributed by atoms with Crippen molar-refractivity contribution in [2.75, 3.05) is 7.05 Å². The van der Waals surface area contributed by atoms with Gasteiger partial charge in [0.05, 0.1) is 0 Å². The molecule has 0 saturated heterocycles. The molecule has 6 nitrogen and oxygen atoms in total. The molecule has 1 rings (SSSR count). The standard InChI is InChI=1S/C18H27N5O.C2H6/c1-6-12-20-16(22-17(19)23(5)21-13-24)14-8-10-15(11-9-14)18(3,4)7-2;1-2/h6,8-13H,7H2,1-5H3,(H,21,24)(H2,19,20,22);1-2H3/b12-6+;. The molecule has 0 radical (unpaired) electrons. The number of nitrogens with two attached hydrogens (primary N) is 1. The van der Waals surface area contributed by atoms with Crippen LogP contribution in [-0.2, 0) is 10.2 Å². The molecule has 0 aliphatic carbocycles. The van der Waals surface area contributed by atoms with Crippen molar-refractivity contribution in [2.45, 2.75) is 53.4 Å². The van der Waals surface area contributed by atoms with Gasteiger partial charge < -0.3 is 5.73 Å². The minimum atomic E-state index is 0.121. The fraction of sp³-hybridized carbons (Fsp3) is 0.450. The molecule has 144 valence electrons. The van der Waals surface area contributed by atoms with E-state index < -0.39 is 0 Å². The first-order valence-electron chi connectivity index (χ1n) is 8.93. The number of hydrogen-bond donors (Lipinski definition) is 2. The molecule has 0 heterocycles. The number of nitrogens with zero attached hydrogens (tertiary/aromatic N) is 3. The van der Waals surface area contributed by atoms with Gasteiger partial charge in [0.1, 0.15) is 0 Å². The number of hydrazine groups is 1. The van der Waals surface area contributed by atoms with E-state index in [0.29, 0.717) is 12.2 Å². The SMILES string of the molecule is C/C=C/N=C(N=C(N)N(C)NC=O)c1ccc(C(C)(C)CC)cc1.CC. The van der Waals surface area contributed by atoms with Gasteiger partial charge in [-0.05, 0) is 24.3 Å². The van der Waals surface area contributed by atoms with Gasteiger partial charge >= 0.3 is 0 Å². The number of benzene rings is 1. The Morgan fingerprint density at radius 3 is 2.31 bits per heavy atom.